The summed E-state index contributed by atoms with van der Waals surface area (Å²) < 4.78 is 2.18. The first-order chi connectivity index (χ1) is 11.5. The molecule has 0 spiro atoms. The van der Waals surface area contributed by atoms with Crippen molar-refractivity contribution in [1.29, 1.82) is 0 Å². The van der Waals surface area contributed by atoms with Crippen LogP contribution >= 0.6 is 11.6 Å². The van der Waals surface area contributed by atoms with E-state index in [1.54, 1.807) is 36.4 Å². The van der Waals surface area contributed by atoms with E-state index in [1.807, 2.05) is 0 Å². The Balaban J connectivity index is 2.23. The van der Waals surface area contributed by atoms with Gasteiger partial charge in [-0.1, -0.05) is 23.7 Å². The molecule has 0 unspecified atom stereocenters. The minimum atomic E-state index is -0.682. The number of hydrogen-bond acceptors (Lipinski definition) is 4. The van der Waals surface area contributed by atoms with Gasteiger partial charge in [-0.2, -0.15) is 0 Å². The third-order valence-corrected chi connectivity index (χ3v) is 3.81. The summed E-state index contributed by atoms with van der Waals surface area (Å²) >= 11 is 5.84. The molecule has 0 bridgehead atoms. The lowest BCUT2D eigenvalue weighted by Gasteiger charge is -2.12. The minimum absolute atomic E-state index is 0.0418. The molecule has 1 amide bonds. The third-order valence-electron chi connectivity index (χ3n) is 3.55. The fourth-order valence-electron chi connectivity index (χ4n) is 2.46. The minimum Gasteiger partial charge on any atom is -0.368 e. The number of fused-ring (bicyclic) bond motifs is 1. The maximum Gasteiger partial charge on any atom is 0.332 e. The molecule has 0 radical (unpaired) electrons. The highest BCUT2D eigenvalue weighted by Gasteiger charge is 2.15. The highest BCUT2D eigenvalue weighted by molar-refractivity contribution is 6.30. The molecule has 0 fully saturated rings. The summed E-state index contributed by atoms with van der Waals surface area (Å²) in [6.07, 6.45) is 1.45. The Morgan fingerprint density at radius 2 is 1.83 bits per heavy atom. The molecule has 0 saturated carbocycles. The Labute approximate surface area is 140 Å². The second kappa shape index (κ2) is 6.29. The van der Waals surface area contributed by atoms with Gasteiger partial charge >= 0.3 is 5.69 Å². The van der Waals surface area contributed by atoms with Crippen LogP contribution in [0.5, 0.6) is 0 Å². The van der Waals surface area contributed by atoms with Crippen LogP contribution in [-0.4, -0.2) is 20.0 Å². The monoisotopic (exact) mass is 344 g/mol. The van der Waals surface area contributed by atoms with Gasteiger partial charge in [-0.25, -0.2) is 9.78 Å². The number of hydrogen-bond donors (Lipinski definition) is 1. The number of benzene rings is 1. The quantitative estimate of drug-likeness (QED) is 0.754. The van der Waals surface area contributed by atoms with Crippen molar-refractivity contribution < 1.29 is 4.79 Å². The van der Waals surface area contributed by atoms with E-state index in [9.17, 15) is 14.4 Å². The van der Waals surface area contributed by atoms with Crippen LogP contribution in [0.3, 0.4) is 0 Å². The highest BCUT2D eigenvalue weighted by atomic mass is 35.5. The van der Waals surface area contributed by atoms with Gasteiger partial charge in [0.05, 0.1) is 12.1 Å². The zero-order chi connectivity index (χ0) is 17.3. The van der Waals surface area contributed by atoms with Crippen LogP contribution in [0, 0.1) is 0 Å². The van der Waals surface area contributed by atoms with Gasteiger partial charge in [0.2, 0.25) is 5.91 Å². The van der Waals surface area contributed by atoms with Crippen molar-refractivity contribution in [3.63, 3.8) is 0 Å². The lowest BCUT2D eigenvalue weighted by molar-refractivity contribution is -0.118. The summed E-state index contributed by atoms with van der Waals surface area (Å²) in [6, 6.07) is 9.92. The number of aromatic nitrogens is 3. The van der Waals surface area contributed by atoms with E-state index in [2.05, 4.69) is 4.98 Å². The SMILES string of the molecule is NC(=O)Cn1c(=O)n(Cc2ccc(Cl)cc2)c(=O)c2ncccc21. The van der Waals surface area contributed by atoms with E-state index in [4.69, 9.17) is 17.3 Å². The molecule has 24 heavy (non-hydrogen) atoms. The lowest BCUT2D eigenvalue weighted by Crippen LogP contribution is -2.42. The molecule has 0 aliphatic carbocycles. The molecule has 2 heterocycles. The fraction of sp³-hybridized carbons (Fsp3) is 0.125. The lowest BCUT2D eigenvalue weighted by atomic mass is 10.2. The normalized spacial score (nSPS) is 10.9. The Hall–Kier alpha value is -2.93. The standard InChI is InChI=1S/C16H13ClN4O3/c17-11-5-3-10(4-6-11)8-21-15(23)14-12(2-1-7-19-14)20(16(21)24)9-13(18)22/h1-7H,8-9H2,(H2,18,22). The molecule has 3 aromatic rings. The Kier molecular flexibility index (Phi) is 4.18. The highest BCUT2D eigenvalue weighted by Crippen LogP contribution is 2.10. The molecule has 2 aromatic heterocycles. The molecule has 3 rings (SSSR count). The van der Waals surface area contributed by atoms with E-state index in [0.717, 1.165) is 14.7 Å². The van der Waals surface area contributed by atoms with Gasteiger partial charge in [0, 0.05) is 11.2 Å². The van der Waals surface area contributed by atoms with Crippen LogP contribution in [0.2, 0.25) is 5.02 Å². The number of halogens is 1. The van der Waals surface area contributed by atoms with Gasteiger partial charge in [0.25, 0.3) is 5.56 Å². The van der Waals surface area contributed by atoms with E-state index in [-0.39, 0.29) is 24.1 Å². The smallest absolute Gasteiger partial charge is 0.332 e. The van der Waals surface area contributed by atoms with Crippen molar-refractivity contribution in [1.82, 2.24) is 14.1 Å². The largest absolute Gasteiger partial charge is 0.368 e. The van der Waals surface area contributed by atoms with Gasteiger partial charge in [-0.3, -0.25) is 18.7 Å². The number of carbonyl (C=O) groups is 1. The van der Waals surface area contributed by atoms with Gasteiger partial charge in [0.1, 0.15) is 6.54 Å². The zero-order valence-corrected chi connectivity index (χ0v) is 13.2. The number of primary amides is 1. The van der Waals surface area contributed by atoms with Gasteiger partial charge < -0.3 is 5.73 Å². The van der Waals surface area contributed by atoms with Crippen molar-refractivity contribution in [2.45, 2.75) is 13.1 Å². The zero-order valence-electron chi connectivity index (χ0n) is 12.5. The second-order valence-electron chi connectivity index (χ2n) is 5.22. The van der Waals surface area contributed by atoms with Crippen LogP contribution in [-0.2, 0) is 17.9 Å². The molecule has 7 nitrogen and oxygen atoms in total. The summed E-state index contributed by atoms with van der Waals surface area (Å²) in [6.45, 7) is -0.290. The van der Waals surface area contributed by atoms with Crippen molar-refractivity contribution in [3.05, 3.63) is 74.0 Å². The number of amides is 1. The third kappa shape index (κ3) is 2.93. The molecule has 0 saturated heterocycles. The topological polar surface area (TPSA) is 100.0 Å². The number of pyridine rings is 1. The number of nitrogens with zero attached hydrogens (tertiary/aromatic N) is 3. The average Bonchev–Trinajstić information content (AvgIpc) is 2.57. The van der Waals surface area contributed by atoms with Crippen LogP contribution in [0.25, 0.3) is 11.0 Å². The molecule has 2 N–H and O–H groups in total. The summed E-state index contributed by atoms with van der Waals surface area (Å²) in [5, 5.41) is 0.553. The van der Waals surface area contributed by atoms with Crippen molar-refractivity contribution in [2.75, 3.05) is 0 Å². The summed E-state index contributed by atoms with van der Waals surface area (Å²) in [5.74, 6) is -0.682. The summed E-state index contributed by atoms with van der Waals surface area (Å²) in [4.78, 5) is 40.6. The predicted octanol–water partition coefficient (Wildman–Crippen LogP) is 0.745. The fourth-order valence-corrected chi connectivity index (χ4v) is 2.59. The Morgan fingerprint density at radius 3 is 2.50 bits per heavy atom. The van der Waals surface area contributed by atoms with Crippen molar-refractivity contribution in [2.24, 2.45) is 5.73 Å². The number of carbonyl (C=O) groups excluding carboxylic acids is 1. The Morgan fingerprint density at radius 1 is 1.12 bits per heavy atom. The van der Waals surface area contributed by atoms with Gasteiger partial charge in [0.15, 0.2) is 5.52 Å². The predicted molar refractivity (Wildman–Crippen MR) is 90.0 cm³/mol. The molecule has 8 heteroatoms. The second-order valence-corrected chi connectivity index (χ2v) is 5.66. The van der Waals surface area contributed by atoms with Crippen LogP contribution in [0.15, 0.2) is 52.2 Å². The van der Waals surface area contributed by atoms with Crippen LogP contribution < -0.4 is 17.0 Å². The van der Waals surface area contributed by atoms with Crippen LogP contribution in [0.1, 0.15) is 5.56 Å². The average molecular weight is 345 g/mol. The van der Waals surface area contributed by atoms with Gasteiger partial charge in [-0.15, -0.1) is 0 Å². The van der Waals surface area contributed by atoms with E-state index in [0.29, 0.717) is 5.02 Å². The molecule has 0 aliphatic heterocycles. The summed E-state index contributed by atoms with van der Waals surface area (Å²) in [5.41, 5.74) is 5.18. The maximum absolute atomic E-state index is 12.7. The molecule has 1 aromatic carbocycles. The van der Waals surface area contributed by atoms with E-state index >= 15 is 0 Å². The molecule has 0 atom stereocenters. The first-order valence-electron chi connectivity index (χ1n) is 7.08. The van der Waals surface area contributed by atoms with E-state index in [1.165, 1.54) is 6.20 Å². The first kappa shape index (κ1) is 15.9. The maximum atomic E-state index is 12.7. The van der Waals surface area contributed by atoms with Crippen molar-refractivity contribution in [3.8, 4) is 0 Å². The Bertz CT molecular complexity index is 1040. The molecule has 0 aliphatic rings. The van der Waals surface area contributed by atoms with Gasteiger partial charge in [-0.05, 0) is 29.8 Å². The number of rotatable bonds is 4. The van der Waals surface area contributed by atoms with Crippen molar-refractivity contribution >= 4 is 28.5 Å². The molecular formula is C16H13ClN4O3. The molecular weight excluding hydrogens is 332 g/mol. The first-order valence-corrected chi connectivity index (χ1v) is 7.46. The molecule has 122 valence electrons. The van der Waals surface area contributed by atoms with E-state index < -0.39 is 17.2 Å². The van der Waals surface area contributed by atoms with Crippen LogP contribution in [0.4, 0.5) is 0 Å². The number of nitrogens with two attached hydrogens (primary N) is 1. The summed E-state index contributed by atoms with van der Waals surface area (Å²) in [7, 11) is 0.